The van der Waals surface area contributed by atoms with Crippen molar-refractivity contribution < 1.29 is 19.1 Å². The van der Waals surface area contributed by atoms with Crippen LogP contribution in [0.15, 0.2) is 53.4 Å². The maximum Gasteiger partial charge on any atom is 0.344 e. The molecule has 1 N–H and O–H groups in total. The highest BCUT2D eigenvalue weighted by molar-refractivity contribution is 8.02. The van der Waals surface area contributed by atoms with E-state index in [9.17, 15) is 14.4 Å². The number of nitrogens with zero attached hydrogens (tertiary/aromatic N) is 1. The van der Waals surface area contributed by atoms with Gasteiger partial charge in [-0.05, 0) is 32.0 Å². The Labute approximate surface area is 177 Å². The standard InChI is InChI=1S/C23H20N2O4S/c1-13-20(15-7-3-4-8-16(15)24-13)21(27)14(2)29-22(28)23-12-11-19(26)25(23)17-9-5-6-10-18(17)30-23/h3-10,14,24H,11-12H2,1-2H3/t14-,23-/m1/s1. The van der Waals surface area contributed by atoms with Crippen LogP contribution in [0.25, 0.3) is 10.9 Å². The van der Waals surface area contributed by atoms with Crippen molar-refractivity contribution in [3.63, 3.8) is 0 Å². The second-order valence-electron chi connectivity index (χ2n) is 7.67. The number of nitrogens with one attached hydrogen (secondary N) is 1. The third-order valence-electron chi connectivity index (χ3n) is 5.79. The van der Waals surface area contributed by atoms with E-state index in [0.717, 1.165) is 27.2 Å². The number of Topliss-reactive ketones (excluding diaryl/α,β-unsaturated/α-hetero) is 1. The third-order valence-corrected chi connectivity index (χ3v) is 7.24. The summed E-state index contributed by atoms with van der Waals surface area (Å²) in [4.78, 5) is 43.5. The fourth-order valence-corrected chi connectivity index (χ4v) is 5.78. The van der Waals surface area contributed by atoms with Crippen LogP contribution in [-0.2, 0) is 14.3 Å². The van der Waals surface area contributed by atoms with Gasteiger partial charge in [-0.15, -0.1) is 0 Å². The highest BCUT2D eigenvalue weighted by atomic mass is 32.2. The first-order chi connectivity index (χ1) is 14.4. The van der Waals surface area contributed by atoms with Gasteiger partial charge in [0.1, 0.15) is 0 Å². The van der Waals surface area contributed by atoms with E-state index >= 15 is 0 Å². The lowest BCUT2D eigenvalue weighted by Crippen LogP contribution is -2.49. The smallest absolute Gasteiger partial charge is 0.344 e. The van der Waals surface area contributed by atoms with Crippen LogP contribution in [0, 0.1) is 6.92 Å². The number of aromatic nitrogens is 1. The van der Waals surface area contributed by atoms with E-state index < -0.39 is 16.9 Å². The Hall–Kier alpha value is -3.06. The molecular weight excluding hydrogens is 400 g/mol. The Morgan fingerprint density at radius 1 is 1.17 bits per heavy atom. The number of fused-ring (bicyclic) bond motifs is 4. The summed E-state index contributed by atoms with van der Waals surface area (Å²) in [6.45, 7) is 3.42. The van der Waals surface area contributed by atoms with E-state index in [4.69, 9.17) is 4.74 Å². The number of rotatable bonds is 4. The number of carbonyl (C=O) groups excluding carboxylic acids is 3. The van der Waals surface area contributed by atoms with Crippen LogP contribution in [0.1, 0.15) is 35.8 Å². The van der Waals surface area contributed by atoms with Gasteiger partial charge in [-0.1, -0.05) is 42.1 Å². The van der Waals surface area contributed by atoms with Crippen LogP contribution in [0.2, 0.25) is 0 Å². The van der Waals surface area contributed by atoms with Crippen molar-refractivity contribution >= 4 is 46.0 Å². The molecule has 2 aliphatic rings. The summed E-state index contributed by atoms with van der Waals surface area (Å²) in [6.07, 6.45) is -0.330. The zero-order valence-corrected chi connectivity index (χ0v) is 17.4. The maximum atomic E-state index is 13.3. The molecule has 1 amide bonds. The van der Waals surface area contributed by atoms with Crippen molar-refractivity contribution in [2.45, 2.75) is 42.6 Å². The van der Waals surface area contributed by atoms with Gasteiger partial charge in [0.25, 0.3) is 0 Å². The molecule has 3 heterocycles. The molecule has 30 heavy (non-hydrogen) atoms. The minimum Gasteiger partial charge on any atom is -0.452 e. The van der Waals surface area contributed by atoms with Gasteiger partial charge in [-0.25, -0.2) is 4.79 Å². The van der Waals surface area contributed by atoms with Gasteiger partial charge in [-0.2, -0.15) is 0 Å². The lowest BCUT2D eigenvalue weighted by Gasteiger charge is -2.29. The summed E-state index contributed by atoms with van der Waals surface area (Å²) in [5.41, 5.74) is 2.87. The van der Waals surface area contributed by atoms with Crippen LogP contribution < -0.4 is 4.90 Å². The minimum atomic E-state index is -1.13. The first-order valence-electron chi connectivity index (χ1n) is 9.86. The number of amides is 1. The molecule has 7 heteroatoms. The van der Waals surface area contributed by atoms with Gasteiger partial charge in [0.2, 0.25) is 11.7 Å². The molecule has 0 unspecified atom stereocenters. The van der Waals surface area contributed by atoms with E-state index in [1.807, 2.05) is 55.5 Å². The quantitative estimate of drug-likeness (QED) is 0.505. The highest BCUT2D eigenvalue weighted by Gasteiger charge is 2.59. The summed E-state index contributed by atoms with van der Waals surface area (Å²) < 4.78 is 5.69. The number of hydrogen-bond donors (Lipinski definition) is 1. The molecule has 6 nitrogen and oxygen atoms in total. The van der Waals surface area contributed by atoms with Crippen LogP contribution in [0.4, 0.5) is 5.69 Å². The highest BCUT2D eigenvalue weighted by Crippen LogP contribution is 2.56. The fraction of sp³-hybridized carbons (Fsp3) is 0.261. The first-order valence-corrected chi connectivity index (χ1v) is 10.7. The second kappa shape index (κ2) is 6.74. The molecule has 1 fully saturated rings. The Morgan fingerprint density at radius 2 is 1.90 bits per heavy atom. The molecule has 2 atom stereocenters. The lowest BCUT2D eigenvalue weighted by atomic mass is 10.0. The number of para-hydroxylation sites is 2. The summed E-state index contributed by atoms with van der Waals surface area (Å²) in [5.74, 6) is -0.908. The SMILES string of the molecule is Cc1[nH]c2ccccc2c1C(=O)[C@@H](C)OC(=O)[C@]12CCC(=O)N1c1ccccc1S2. The summed E-state index contributed by atoms with van der Waals surface area (Å²) >= 11 is 1.34. The zero-order chi connectivity index (χ0) is 21.0. The second-order valence-corrected chi connectivity index (χ2v) is 8.99. The van der Waals surface area contributed by atoms with Gasteiger partial charge >= 0.3 is 5.97 Å². The predicted octanol–water partition coefficient (Wildman–Crippen LogP) is 4.22. The molecule has 5 rings (SSSR count). The Bertz CT molecular complexity index is 1220. The largest absolute Gasteiger partial charge is 0.452 e. The van der Waals surface area contributed by atoms with Crippen LogP contribution in [0.3, 0.4) is 0 Å². The minimum absolute atomic E-state index is 0.101. The first kappa shape index (κ1) is 18.9. The van der Waals surface area contributed by atoms with Crippen LogP contribution in [0.5, 0.6) is 0 Å². The summed E-state index contributed by atoms with van der Waals surface area (Å²) in [6, 6.07) is 15.0. The van der Waals surface area contributed by atoms with E-state index in [2.05, 4.69) is 4.98 Å². The number of ether oxygens (including phenoxy) is 1. The van der Waals surface area contributed by atoms with E-state index in [1.54, 1.807) is 11.8 Å². The van der Waals surface area contributed by atoms with Gasteiger partial charge in [-0.3, -0.25) is 14.5 Å². The molecule has 0 radical (unpaired) electrons. The number of aromatic amines is 1. The number of esters is 1. The molecule has 2 aromatic carbocycles. The van der Waals surface area contributed by atoms with Crippen molar-refractivity contribution in [3.8, 4) is 0 Å². The molecule has 0 saturated carbocycles. The van der Waals surface area contributed by atoms with Crippen LogP contribution >= 0.6 is 11.8 Å². The molecular formula is C23H20N2O4S. The Balaban J connectivity index is 1.43. The number of benzene rings is 2. The third kappa shape index (κ3) is 2.61. The average Bonchev–Trinajstić information content (AvgIpc) is 3.36. The van der Waals surface area contributed by atoms with Crippen molar-refractivity contribution in [2.24, 2.45) is 0 Å². The molecule has 2 aliphatic heterocycles. The van der Waals surface area contributed by atoms with E-state index in [-0.39, 0.29) is 18.1 Å². The number of aryl methyl sites for hydroxylation is 1. The van der Waals surface area contributed by atoms with Crippen LogP contribution in [-0.4, -0.2) is 33.6 Å². The monoisotopic (exact) mass is 420 g/mol. The number of thioether (sulfide) groups is 1. The maximum absolute atomic E-state index is 13.3. The molecule has 0 spiro atoms. The number of carbonyl (C=O) groups is 3. The van der Waals surface area contributed by atoms with E-state index in [1.165, 1.54) is 11.8 Å². The van der Waals surface area contributed by atoms with Crippen molar-refractivity contribution in [2.75, 3.05) is 4.90 Å². The molecule has 0 aliphatic carbocycles. The normalized spacial score (nSPS) is 20.9. The molecule has 0 bridgehead atoms. The van der Waals surface area contributed by atoms with Gasteiger partial charge in [0.05, 0.1) is 5.69 Å². The Morgan fingerprint density at radius 3 is 2.73 bits per heavy atom. The molecule has 3 aromatic rings. The lowest BCUT2D eigenvalue weighted by molar-refractivity contribution is -0.149. The zero-order valence-electron chi connectivity index (χ0n) is 16.6. The average molecular weight is 420 g/mol. The van der Waals surface area contributed by atoms with Gasteiger partial charge < -0.3 is 9.72 Å². The van der Waals surface area contributed by atoms with Crippen molar-refractivity contribution in [3.05, 3.63) is 59.8 Å². The van der Waals surface area contributed by atoms with Crippen molar-refractivity contribution in [1.29, 1.82) is 0 Å². The molecule has 1 aromatic heterocycles. The topological polar surface area (TPSA) is 79.5 Å². The number of anilines is 1. The number of H-pyrrole nitrogens is 1. The van der Waals surface area contributed by atoms with Gasteiger partial charge in [0.15, 0.2) is 11.0 Å². The fourth-order valence-electron chi connectivity index (χ4n) is 4.38. The van der Waals surface area contributed by atoms with Crippen molar-refractivity contribution in [1.82, 2.24) is 4.98 Å². The molecule has 152 valence electrons. The number of hydrogen-bond acceptors (Lipinski definition) is 5. The number of ketones is 1. The van der Waals surface area contributed by atoms with Gasteiger partial charge in [0, 0.05) is 39.9 Å². The predicted molar refractivity (Wildman–Crippen MR) is 115 cm³/mol. The Kier molecular flexibility index (Phi) is 4.25. The van der Waals surface area contributed by atoms with E-state index in [0.29, 0.717) is 12.0 Å². The summed E-state index contributed by atoms with van der Waals surface area (Å²) in [7, 11) is 0. The summed E-state index contributed by atoms with van der Waals surface area (Å²) in [5, 5.41) is 0.807. The molecule has 1 saturated heterocycles.